The van der Waals surface area contributed by atoms with Crippen LogP contribution in [0.3, 0.4) is 0 Å². The molecule has 0 saturated heterocycles. The third-order valence-electron chi connectivity index (χ3n) is 5.31. The van der Waals surface area contributed by atoms with E-state index in [0.717, 1.165) is 26.6 Å². The van der Waals surface area contributed by atoms with Crippen LogP contribution < -0.4 is 0 Å². The van der Waals surface area contributed by atoms with Gasteiger partial charge in [0.25, 0.3) is 0 Å². The number of ether oxygens (including phenoxy) is 1. The SMILES string of the molecule is CCOC(=O)C(C(=O)C(C)(C)SCc1ccc(CO)cc1)c1nc(-c2ccccc2)sc1C. The Kier molecular flexibility index (Phi) is 8.46. The fourth-order valence-electron chi connectivity index (χ4n) is 3.37. The predicted octanol–water partition coefficient (Wildman–Crippen LogP) is 5.54. The quantitative estimate of drug-likeness (QED) is 0.301. The fourth-order valence-corrected chi connectivity index (χ4v) is 5.31. The number of carbonyl (C=O) groups excluding carboxylic acids is 2. The first-order valence-corrected chi connectivity index (χ1v) is 12.6. The van der Waals surface area contributed by atoms with Crippen molar-refractivity contribution in [2.24, 2.45) is 0 Å². The zero-order chi connectivity index (χ0) is 24.0. The Labute approximate surface area is 203 Å². The summed E-state index contributed by atoms with van der Waals surface area (Å²) in [6, 6.07) is 17.4. The third kappa shape index (κ3) is 6.10. The van der Waals surface area contributed by atoms with Crippen LogP contribution >= 0.6 is 23.1 Å². The molecule has 1 N–H and O–H groups in total. The molecule has 0 amide bonds. The van der Waals surface area contributed by atoms with Gasteiger partial charge in [-0.1, -0.05) is 54.6 Å². The summed E-state index contributed by atoms with van der Waals surface area (Å²) in [7, 11) is 0. The Morgan fingerprint density at radius 2 is 1.73 bits per heavy atom. The number of Topliss-reactive ketones (excluding diaryl/α,β-unsaturated/α-hetero) is 1. The summed E-state index contributed by atoms with van der Waals surface area (Å²) in [4.78, 5) is 32.2. The molecule has 0 aliphatic heterocycles. The number of thioether (sulfide) groups is 1. The number of aliphatic hydroxyl groups is 1. The molecule has 0 spiro atoms. The van der Waals surface area contributed by atoms with E-state index in [4.69, 9.17) is 9.72 Å². The molecular weight excluding hydrogens is 454 g/mol. The first kappa shape index (κ1) is 25.1. The van der Waals surface area contributed by atoms with Crippen LogP contribution in [0.15, 0.2) is 54.6 Å². The summed E-state index contributed by atoms with van der Waals surface area (Å²) in [6.07, 6.45) is 0. The molecule has 174 valence electrons. The molecule has 0 fully saturated rings. The Morgan fingerprint density at radius 1 is 1.09 bits per heavy atom. The normalized spacial score (nSPS) is 12.4. The average Bonchev–Trinajstić information content (AvgIpc) is 3.20. The highest BCUT2D eigenvalue weighted by atomic mass is 32.2. The molecule has 0 aliphatic rings. The number of hydrogen-bond acceptors (Lipinski definition) is 7. The van der Waals surface area contributed by atoms with Gasteiger partial charge in [0.2, 0.25) is 0 Å². The molecule has 2 aromatic carbocycles. The number of rotatable bonds is 10. The Hall–Kier alpha value is -2.48. The van der Waals surface area contributed by atoms with E-state index < -0.39 is 16.6 Å². The lowest BCUT2D eigenvalue weighted by Crippen LogP contribution is -2.38. The summed E-state index contributed by atoms with van der Waals surface area (Å²) in [5, 5.41) is 10.0. The van der Waals surface area contributed by atoms with Crippen LogP contribution in [0.4, 0.5) is 0 Å². The van der Waals surface area contributed by atoms with Crippen LogP contribution in [-0.4, -0.2) is 33.2 Å². The molecule has 0 bridgehead atoms. The van der Waals surface area contributed by atoms with Crippen molar-refractivity contribution in [3.63, 3.8) is 0 Å². The Morgan fingerprint density at radius 3 is 2.33 bits per heavy atom. The van der Waals surface area contributed by atoms with Gasteiger partial charge in [0, 0.05) is 16.2 Å². The lowest BCUT2D eigenvalue weighted by molar-refractivity contribution is -0.148. The number of esters is 1. The second-order valence-electron chi connectivity index (χ2n) is 8.15. The highest BCUT2D eigenvalue weighted by Gasteiger charge is 2.42. The van der Waals surface area contributed by atoms with E-state index in [1.54, 1.807) is 6.92 Å². The number of hydrogen-bond donors (Lipinski definition) is 1. The number of nitrogens with zero attached hydrogens (tertiary/aromatic N) is 1. The molecule has 1 unspecified atom stereocenters. The van der Waals surface area contributed by atoms with E-state index >= 15 is 0 Å². The van der Waals surface area contributed by atoms with E-state index in [-0.39, 0.29) is 19.0 Å². The largest absolute Gasteiger partial charge is 0.465 e. The van der Waals surface area contributed by atoms with E-state index in [0.29, 0.717) is 11.4 Å². The van der Waals surface area contributed by atoms with Gasteiger partial charge in [-0.15, -0.1) is 23.1 Å². The first-order valence-electron chi connectivity index (χ1n) is 10.8. The number of aromatic nitrogens is 1. The van der Waals surface area contributed by atoms with Crippen molar-refractivity contribution in [2.45, 2.75) is 50.7 Å². The second-order valence-corrected chi connectivity index (χ2v) is 11.0. The van der Waals surface area contributed by atoms with Crippen LogP contribution in [0.1, 0.15) is 48.4 Å². The van der Waals surface area contributed by atoms with Crippen LogP contribution in [0, 0.1) is 6.92 Å². The van der Waals surface area contributed by atoms with E-state index in [1.165, 1.54) is 23.1 Å². The number of ketones is 1. The molecule has 1 heterocycles. The smallest absolute Gasteiger partial charge is 0.322 e. The Bertz CT molecular complexity index is 1090. The second kappa shape index (κ2) is 11.1. The van der Waals surface area contributed by atoms with Crippen molar-refractivity contribution < 1.29 is 19.4 Å². The minimum Gasteiger partial charge on any atom is -0.465 e. The molecular formula is C26H29NO4S2. The summed E-state index contributed by atoms with van der Waals surface area (Å²) in [5.41, 5.74) is 3.31. The van der Waals surface area contributed by atoms with Gasteiger partial charge in [0.1, 0.15) is 5.01 Å². The lowest BCUT2D eigenvalue weighted by atomic mass is 9.91. The zero-order valence-corrected chi connectivity index (χ0v) is 21.0. The lowest BCUT2D eigenvalue weighted by Gasteiger charge is -2.26. The molecule has 3 aromatic rings. The van der Waals surface area contributed by atoms with Gasteiger partial charge in [-0.2, -0.15) is 0 Å². The number of thiazole rings is 1. The van der Waals surface area contributed by atoms with Gasteiger partial charge >= 0.3 is 5.97 Å². The molecule has 0 aliphatic carbocycles. The van der Waals surface area contributed by atoms with Crippen LogP contribution in [0.2, 0.25) is 0 Å². The minimum absolute atomic E-state index is 0.00339. The third-order valence-corrected chi connectivity index (χ3v) is 7.75. The highest BCUT2D eigenvalue weighted by Crippen LogP contribution is 2.38. The number of benzene rings is 2. The number of carbonyl (C=O) groups is 2. The molecule has 1 aromatic heterocycles. The number of aliphatic hydroxyl groups excluding tert-OH is 1. The summed E-state index contributed by atoms with van der Waals surface area (Å²) in [5.74, 6) is -1.24. The van der Waals surface area contributed by atoms with Crippen molar-refractivity contribution in [3.05, 3.63) is 76.3 Å². The summed E-state index contributed by atoms with van der Waals surface area (Å²) >= 11 is 2.95. The molecule has 0 radical (unpaired) electrons. The van der Waals surface area contributed by atoms with Crippen molar-refractivity contribution in [1.82, 2.24) is 4.98 Å². The van der Waals surface area contributed by atoms with Gasteiger partial charge in [-0.25, -0.2) is 4.98 Å². The summed E-state index contributed by atoms with van der Waals surface area (Å²) in [6.45, 7) is 7.50. The van der Waals surface area contributed by atoms with Gasteiger partial charge in [0.05, 0.1) is 23.7 Å². The first-order chi connectivity index (χ1) is 15.8. The minimum atomic E-state index is -1.07. The van der Waals surface area contributed by atoms with E-state index in [2.05, 4.69) is 0 Å². The highest BCUT2D eigenvalue weighted by molar-refractivity contribution is 8.00. The Balaban J connectivity index is 1.87. The van der Waals surface area contributed by atoms with Crippen LogP contribution in [-0.2, 0) is 26.7 Å². The molecule has 33 heavy (non-hydrogen) atoms. The topological polar surface area (TPSA) is 76.5 Å². The van der Waals surface area contributed by atoms with Gasteiger partial charge in [-0.3, -0.25) is 9.59 Å². The number of aryl methyl sites for hydroxylation is 1. The zero-order valence-electron chi connectivity index (χ0n) is 19.3. The molecule has 7 heteroatoms. The van der Waals surface area contributed by atoms with Crippen molar-refractivity contribution in [3.8, 4) is 10.6 Å². The predicted molar refractivity (Wildman–Crippen MR) is 134 cm³/mol. The van der Waals surface area contributed by atoms with Crippen LogP contribution in [0.5, 0.6) is 0 Å². The van der Waals surface area contributed by atoms with Gasteiger partial charge < -0.3 is 9.84 Å². The van der Waals surface area contributed by atoms with Gasteiger partial charge in [0.15, 0.2) is 11.7 Å². The fraction of sp³-hybridized carbons (Fsp3) is 0.346. The maximum atomic E-state index is 13.7. The average molecular weight is 484 g/mol. The molecule has 1 atom stereocenters. The van der Waals surface area contributed by atoms with Crippen molar-refractivity contribution in [2.75, 3.05) is 6.61 Å². The van der Waals surface area contributed by atoms with Crippen LogP contribution in [0.25, 0.3) is 10.6 Å². The van der Waals surface area contributed by atoms with E-state index in [1.807, 2.05) is 75.4 Å². The summed E-state index contributed by atoms with van der Waals surface area (Å²) < 4.78 is 4.47. The van der Waals surface area contributed by atoms with Crippen molar-refractivity contribution >= 4 is 34.9 Å². The molecule has 5 nitrogen and oxygen atoms in total. The van der Waals surface area contributed by atoms with Crippen molar-refractivity contribution in [1.29, 1.82) is 0 Å². The maximum absolute atomic E-state index is 13.7. The standard InChI is InChI=1S/C26H29NO4S2/c1-5-31-25(30)21(22-17(2)33-24(27-22)20-9-7-6-8-10-20)23(29)26(3,4)32-16-19-13-11-18(15-28)12-14-19/h6-14,21,28H,5,15-16H2,1-4H3. The monoisotopic (exact) mass is 483 g/mol. The molecule has 0 saturated carbocycles. The van der Waals surface area contributed by atoms with Gasteiger partial charge in [-0.05, 0) is 38.8 Å². The molecule has 3 rings (SSSR count). The maximum Gasteiger partial charge on any atom is 0.322 e. The van der Waals surface area contributed by atoms with E-state index in [9.17, 15) is 14.7 Å².